The van der Waals surface area contributed by atoms with Gasteiger partial charge in [0.05, 0.1) is 16.8 Å². The van der Waals surface area contributed by atoms with Crippen molar-refractivity contribution in [3.8, 4) is 0 Å². The molecule has 0 aliphatic heterocycles. The predicted octanol–water partition coefficient (Wildman–Crippen LogP) is 2.85. The molecule has 0 radical (unpaired) electrons. The van der Waals surface area contributed by atoms with E-state index in [-0.39, 0.29) is 11.9 Å². The first kappa shape index (κ1) is 18.4. The first-order valence-electron chi connectivity index (χ1n) is 8.20. The van der Waals surface area contributed by atoms with Gasteiger partial charge in [0.25, 0.3) is 0 Å². The highest BCUT2D eigenvalue weighted by Gasteiger charge is 2.15. The van der Waals surface area contributed by atoms with Gasteiger partial charge in [-0.2, -0.15) is 0 Å². The molecule has 0 saturated heterocycles. The van der Waals surface area contributed by atoms with Gasteiger partial charge in [-0.15, -0.1) is 11.3 Å². The van der Waals surface area contributed by atoms with Crippen molar-refractivity contribution in [2.45, 2.75) is 38.7 Å². The average molecular weight is 347 g/mol. The predicted molar refractivity (Wildman–Crippen MR) is 97.4 cm³/mol. The summed E-state index contributed by atoms with van der Waals surface area (Å²) in [5.74, 6) is 0.0955. The van der Waals surface area contributed by atoms with E-state index in [0.717, 1.165) is 22.7 Å². The van der Waals surface area contributed by atoms with E-state index in [0.29, 0.717) is 19.5 Å². The maximum atomic E-state index is 12.0. The SMILES string of the molecule is Cc1nc(CCNC(=O)NCC(CC(C)O)c2ccccc2)cs1. The normalized spacial score (nSPS) is 13.3. The van der Waals surface area contributed by atoms with Gasteiger partial charge in [0, 0.05) is 30.8 Å². The van der Waals surface area contributed by atoms with Crippen LogP contribution in [0.15, 0.2) is 35.7 Å². The van der Waals surface area contributed by atoms with Crippen molar-refractivity contribution in [3.63, 3.8) is 0 Å². The van der Waals surface area contributed by atoms with Gasteiger partial charge in [0.15, 0.2) is 0 Å². The van der Waals surface area contributed by atoms with Gasteiger partial charge >= 0.3 is 6.03 Å². The molecule has 24 heavy (non-hydrogen) atoms. The highest BCUT2D eigenvalue weighted by molar-refractivity contribution is 7.09. The molecule has 2 unspecified atom stereocenters. The van der Waals surface area contributed by atoms with Crippen molar-refractivity contribution in [1.82, 2.24) is 15.6 Å². The lowest BCUT2D eigenvalue weighted by molar-refractivity contribution is 0.173. The Morgan fingerprint density at radius 2 is 2.04 bits per heavy atom. The molecule has 130 valence electrons. The fourth-order valence-electron chi connectivity index (χ4n) is 2.58. The third-order valence-electron chi connectivity index (χ3n) is 3.74. The third-order valence-corrected chi connectivity index (χ3v) is 4.56. The number of aromatic nitrogens is 1. The van der Waals surface area contributed by atoms with Crippen LogP contribution in [0.2, 0.25) is 0 Å². The van der Waals surface area contributed by atoms with Crippen LogP contribution < -0.4 is 10.6 Å². The van der Waals surface area contributed by atoms with Crippen LogP contribution >= 0.6 is 11.3 Å². The van der Waals surface area contributed by atoms with Gasteiger partial charge < -0.3 is 15.7 Å². The summed E-state index contributed by atoms with van der Waals surface area (Å²) in [6.45, 7) is 4.80. The van der Waals surface area contributed by atoms with Crippen molar-refractivity contribution in [2.24, 2.45) is 0 Å². The van der Waals surface area contributed by atoms with E-state index in [2.05, 4.69) is 15.6 Å². The van der Waals surface area contributed by atoms with Gasteiger partial charge in [-0.3, -0.25) is 0 Å². The minimum atomic E-state index is -0.409. The zero-order valence-electron chi connectivity index (χ0n) is 14.2. The molecule has 2 atom stereocenters. The van der Waals surface area contributed by atoms with Gasteiger partial charge in [0.1, 0.15) is 0 Å². The Kier molecular flexibility index (Phi) is 7.21. The quantitative estimate of drug-likeness (QED) is 0.687. The standard InChI is InChI=1S/C18H25N3O2S/c1-13(22)10-16(15-6-4-3-5-7-15)11-20-18(23)19-9-8-17-12-24-14(2)21-17/h3-7,12-13,16,22H,8-11H2,1-2H3,(H2,19,20,23). The van der Waals surface area contributed by atoms with Crippen LogP contribution in [0.4, 0.5) is 4.79 Å². The Labute approximate surface area is 147 Å². The van der Waals surface area contributed by atoms with Crippen molar-refractivity contribution in [3.05, 3.63) is 52.0 Å². The number of thiazole rings is 1. The van der Waals surface area contributed by atoms with Crippen LogP contribution in [-0.2, 0) is 6.42 Å². The molecule has 2 amide bonds. The maximum absolute atomic E-state index is 12.0. The third kappa shape index (κ3) is 6.29. The average Bonchev–Trinajstić information content (AvgIpc) is 2.97. The van der Waals surface area contributed by atoms with Crippen molar-refractivity contribution < 1.29 is 9.90 Å². The zero-order valence-corrected chi connectivity index (χ0v) is 15.0. The second-order valence-electron chi connectivity index (χ2n) is 5.94. The first-order chi connectivity index (χ1) is 11.5. The molecule has 1 heterocycles. The highest BCUT2D eigenvalue weighted by Crippen LogP contribution is 2.20. The fourth-order valence-corrected chi connectivity index (χ4v) is 3.23. The summed E-state index contributed by atoms with van der Waals surface area (Å²) in [5.41, 5.74) is 2.13. The molecule has 0 saturated carbocycles. The molecule has 0 fully saturated rings. The topological polar surface area (TPSA) is 74.2 Å². The Morgan fingerprint density at radius 3 is 2.67 bits per heavy atom. The number of hydrogen-bond acceptors (Lipinski definition) is 4. The number of urea groups is 1. The summed E-state index contributed by atoms with van der Waals surface area (Å²) in [4.78, 5) is 16.3. The number of carbonyl (C=O) groups excluding carboxylic acids is 1. The number of hydrogen-bond donors (Lipinski definition) is 3. The molecule has 6 heteroatoms. The summed E-state index contributed by atoms with van der Waals surface area (Å²) in [6, 6.07) is 9.77. The summed E-state index contributed by atoms with van der Waals surface area (Å²) >= 11 is 1.62. The number of nitrogens with one attached hydrogen (secondary N) is 2. The van der Waals surface area contributed by atoms with Crippen LogP contribution in [0.3, 0.4) is 0 Å². The van der Waals surface area contributed by atoms with Gasteiger partial charge in [-0.1, -0.05) is 30.3 Å². The summed E-state index contributed by atoms with van der Waals surface area (Å²) < 4.78 is 0. The molecule has 0 spiro atoms. The summed E-state index contributed by atoms with van der Waals surface area (Å²) in [6.07, 6.45) is 0.934. The number of aliphatic hydroxyl groups is 1. The van der Waals surface area contributed by atoms with E-state index in [9.17, 15) is 9.90 Å². The lowest BCUT2D eigenvalue weighted by atomic mass is 9.93. The van der Waals surface area contributed by atoms with Crippen LogP contribution in [-0.4, -0.2) is 35.3 Å². The Balaban J connectivity index is 1.77. The molecule has 1 aromatic heterocycles. The van der Waals surface area contributed by atoms with Crippen LogP contribution in [0, 0.1) is 6.92 Å². The largest absolute Gasteiger partial charge is 0.393 e. The van der Waals surface area contributed by atoms with Gasteiger partial charge in [0.2, 0.25) is 0 Å². The van der Waals surface area contributed by atoms with E-state index in [1.165, 1.54) is 0 Å². The number of amides is 2. The molecule has 2 aromatic rings. The number of carbonyl (C=O) groups is 1. The molecule has 3 N–H and O–H groups in total. The molecule has 0 aliphatic carbocycles. The van der Waals surface area contributed by atoms with E-state index in [1.807, 2.05) is 42.6 Å². The Morgan fingerprint density at radius 1 is 1.29 bits per heavy atom. The van der Waals surface area contributed by atoms with E-state index >= 15 is 0 Å². The lowest BCUT2D eigenvalue weighted by Gasteiger charge is -2.19. The molecule has 2 rings (SSSR count). The molecule has 0 aliphatic rings. The molecule has 0 bridgehead atoms. The van der Waals surface area contributed by atoms with Gasteiger partial charge in [-0.25, -0.2) is 9.78 Å². The van der Waals surface area contributed by atoms with Gasteiger partial charge in [-0.05, 0) is 25.8 Å². The number of nitrogens with zero attached hydrogens (tertiary/aromatic N) is 1. The Hall–Kier alpha value is -1.92. The number of aryl methyl sites for hydroxylation is 1. The van der Waals surface area contributed by atoms with Crippen molar-refractivity contribution in [2.75, 3.05) is 13.1 Å². The van der Waals surface area contributed by atoms with Crippen LogP contribution in [0.1, 0.15) is 35.5 Å². The van der Waals surface area contributed by atoms with Crippen LogP contribution in [0.5, 0.6) is 0 Å². The van der Waals surface area contributed by atoms with Crippen molar-refractivity contribution >= 4 is 17.4 Å². The van der Waals surface area contributed by atoms with Crippen molar-refractivity contribution in [1.29, 1.82) is 0 Å². The lowest BCUT2D eigenvalue weighted by Crippen LogP contribution is -2.39. The van der Waals surface area contributed by atoms with Crippen LogP contribution in [0.25, 0.3) is 0 Å². The molecule has 1 aromatic carbocycles. The minimum Gasteiger partial charge on any atom is -0.393 e. The second-order valence-corrected chi connectivity index (χ2v) is 7.00. The summed E-state index contributed by atoms with van der Waals surface area (Å²) in [5, 5.41) is 18.5. The number of rotatable bonds is 8. The molecule has 5 nitrogen and oxygen atoms in total. The number of benzene rings is 1. The first-order valence-corrected chi connectivity index (χ1v) is 9.08. The Bertz CT molecular complexity index is 628. The monoisotopic (exact) mass is 347 g/mol. The zero-order chi connectivity index (χ0) is 17.4. The number of aliphatic hydroxyl groups excluding tert-OH is 1. The smallest absolute Gasteiger partial charge is 0.314 e. The molecular formula is C18H25N3O2S. The minimum absolute atomic E-state index is 0.0955. The fraction of sp³-hybridized carbons (Fsp3) is 0.444. The van der Waals surface area contributed by atoms with E-state index < -0.39 is 6.10 Å². The second kappa shape index (κ2) is 9.39. The highest BCUT2D eigenvalue weighted by atomic mass is 32.1. The van der Waals surface area contributed by atoms with E-state index in [1.54, 1.807) is 18.3 Å². The summed E-state index contributed by atoms with van der Waals surface area (Å²) in [7, 11) is 0. The molecular weight excluding hydrogens is 322 g/mol. The van der Waals surface area contributed by atoms with E-state index in [4.69, 9.17) is 0 Å². The maximum Gasteiger partial charge on any atom is 0.314 e.